The smallest absolute Gasteiger partial charge is 0.342 e. The van der Waals surface area contributed by atoms with Crippen LogP contribution in [-0.4, -0.2) is 22.8 Å². The zero-order chi connectivity index (χ0) is 16.3. The van der Waals surface area contributed by atoms with E-state index in [1.165, 1.54) is 5.57 Å². The minimum Gasteiger partial charge on any atom is -0.507 e. The number of ether oxygens (including phenoxy) is 1. The number of rotatable bonds is 6. The average Bonchev–Trinajstić information content (AvgIpc) is 2.89. The molecule has 0 aliphatic carbocycles. The van der Waals surface area contributed by atoms with Gasteiger partial charge in [-0.15, -0.1) is 0 Å². The molecular weight excluding hydrogens is 280 g/mol. The van der Waals surface area contributed by atoms with Crippen LogP contribution in [-0.2, 0) is 24.2 Å². The Morgan fingerprint density at radius 1 is 1.36 bits per heavy atom. The van der Waals surface area contributed by atoms with Crippen molar-refractivity contribution < 1.29 is 19.7 Å². The van der Waals surface area contributed by atoms with E-state index >= 15 is 0 Å². The van der Waals surface area contributed by atoms with E-state index in [1.54, 1.807) is 0 Å². The molecule has 1 aliphatic heterocycles. The number of aliphatic hydroxyl groups excluding tert-OH is 1. The molecule has 0 fully saturated rings. The van der Waals surface area contributed by atoms with Gasteiger partial charge in [0.15, 0.2) is 0 Å². The standard InChI is InChI=1S/C18H24O4/c1-4-13-12(3)15-10-22-18(21)16(15)17(20)14(13)8-7-11(2)6-5-9-19/h7,19-20H,4-6,8-10H2,1-3H3/b11-7+. The van der Waals surface area contributed by atoms with Crippen LogP contribution in [0.1, 0.15) is 59.3 Å². The SMILES string of the molecule is CCc1c(C)c2c(c(O)c1C/C=C(\C)CCCO)C(=O)OC2. The fraction of sp³-hybridized carbons (Fsp3) is 0.500. The lowest BCUT2D eigenvalue weighted by Gasteiger charge is -2.16. The summed E-state index contributed by atoms with van der Waals surface area (Å²) in [6.07, 6.45) is 5.04. The van der Waals surface area contributed by atoms with Crippen molar-refractivity contribution in [3.8, 4) is 5.75 Å². The summed E-state index contributed by atoms with van der Waals surface area (Å²) in [5.41, 5.74) is 5.31. The van der Waals surface area contributed by atoms with Crippen LogP contribution in [0.25, 0.3) is 0 Å². The number of hydrogen-bond acceptors (Lipinski definition) is 4. The van der Waals surface area contributed by atoms with E-state index in [4.69, 9.17) is 9.84 Å². The van der Waals surface area contributed by atoms with Crippen LogP contribution < -0.4 is 0 Å². The first kappa shape index (κ1) is 16.6. The van der Waals surface area contributed by atoms with E-state index in [0.717, 1.165) is 41.5 Å². The van der Waals surface area contributed by atoms with Crippen LogP contribution in [0.15, 0.2) is 11.6 Å². The third kappa shape index (κ3) is 3.02. The summed E-state index contributed by atoms with van der Waals surface area (Å²) in [6.45, 7) is 6.50. The summed E-state index contributed by atoms with van der Waals surface area (Å²) >= 11 is 0. The van der Waals surface area contributed by atoms with Crippen LogP contribution in [0.5, 0.6) is 5.75 Å². The summed E-state index contributed by atoms with van der Waals surface area (Å²) in [5, 5.41) is 19.4. The monoisotopic (exact) mass is 304 g/mol. The molecule has 22 heavy (non-hydrogen) atoms. The van der Waals surface area contributed by atoms with Gasteiger partial charge in [-0.3, -0.25) is 0 Å². The second-order valence-corrected chi connectivity index (χ2v) is 5.80. The third-order valence-corrected chi connectivity index (χ3v) is 4.38. The molecule has 1 aromatic rings. The van der Waals surface area contributed by atoms with Crippen molar-refractivity contribution >= 4 is 5.97 Å². The molecule has 4 heteroatoms. The van der Waals surface area contributed by atoms with Gasteiger partial charge in [-0.05, 0) is 50.7 Å². The van der Waals surface area contributed by atoms with Gasteiger partial charge in [-0.1, -0.05) is 18.6 Å². The minimum atomic E-state index is -0.430. The van der Waals surface area contributed by atoms with E-state index in [9.17, 15) is 9.90 Å². The first-order valence-electron chi connectivity index (χ1n) is 7.81. The lowest BCUT2D eigenvalue weighted by molar-refractivity contribution is 0.0533. The highest BCUT2D eigenvalue weighted by molar-refractivity contribution is 5.97. The Labute approximate surface area is 131 Å². The van der Waals surface area contributed by atoms with Gasteiger partial charge in [-0.2, -0.15) is 0 Å². The molecule has 0 aromatic heterocycles. The van der Waals surface area contributed by atoms with Crippen molar-refractivity contribution in [2.75, 3.05) is 6.61 Å². The Balaban J connectivity index is 2.41. The zero-order valence-electron chi connectivity index (χ0n) is 13.5. The van der Waals surface area contributed by atoms with Crippen molar-refractivity contribution in [1.82, 2.24) is 0 Å². The Morgan fingerprint density at radius 2 is 2.09 bits per heavy atom. The molecule has 0 unspecified atom stereocenters. The van der Waals surface area contributed by atoms with Gasteiger partial charge in [0.2, 0.25) is 0 Å². The number of esters is 1. The van der Waals surface area contributed by atoms with Gasteiger partial charge >= 0.3 is 5.97 Å². The molecule has 1 aromatic carbocycles. The number of hydrogen-bond donors (Lipinski definition) is 2. The van der Waals surface area contributed by atoms with Crippen LogP contribution in [0.2, 0.25) is 0 Å². The van der Waals surface area contributed by atoms with E-state index in [1.807, 2.05) is 13.8 Å². The summed E-state index contributed by atoms with van der Waals surface area (Å²) in [7, 11) is 0. The molecule has 1 aliphatic rings. The first-order chi connectivity index (χ1) is 10.5. The molecule has 120 valence electrons. The van der Waals surface area contributed by atoms with E-state index in [2.05, 4.69) is 13.0 Å². The number of aromatic hydroxyl groups is 1. The maximum Gasteiger partial charge on any atom is 0.342 e. The second kappa shape index (κ2) is 6.97. The number of fused-ring (bicyclic) bond motifs is 1. The molecule has 0 bridgehead atoms. The molecule has 0 atom stereocenters. The number of phenolic OH excluding ortho intramolecular Hbond substituents is 1. The molecule has 1 heterocycles. The van der Waals surface area contributed by atoms with E-state index in [0.29, 0.717) is 12.0 Å². The molecule has 0 spiro atoms. The van der Waals surface area contributed by atoms with Crippen molar-refractivity contribution in [3.05, 3.63) is 39.5 Å². The number of carbonyl (C=O) groups excluding carboxylic acids is 1. The van der Waals surface area contributed by atoms with Gasteiger partial charge in [0.25, 0.3) is 0 Å². The number of aliphatic hydroxyl groups is 1. The van der Waals surface area contributed by atoms with E-state index in [-0.39, 0.29) is 19.0 Å². The van der Waals surface area contributed by atoms with Gasteiger partial charge in [0.1, 0.15) is 17.9 Å². The van der Waals surface area contributed by atoms with Gasteiger partial charge in [0, 0.05) is 17.7 Å². The summed E-state index contributed by atoms with van der Waals surface area (Å²) in [6, 6.07) is 0. The third-order valence-electron chi connectivity index (χ3n) is 4.38. The predicted molar refractivity (Wildman–Crippen MR) is 85.1 cm³/mol. The number of carbonyl (C=O) groups is 1. The molecule has 2 rings (SSSR count). The number of phenols is 1. The summed E-state index contributed by atoms with van der Waals surface area (Å²) in [4.78, 5) is 11.8. The lowest BCUT2D eigenvalue weighted by atomic mass is 9.89. The highest BCUT2D eigenvalue weighted by Crippen LogP contribution is 2.38. The highest BCUT2D eigenvalue weighted by Gasteiger charge is 2.30. The topological polar surface area (TPSA) is 66.8 Å². The lowest BCUT2D eigenvalue weighted by Crippen LogP contribution is -2.04. The van der Waals surface area contributed by atoms with Gasteiger partial charge < -0.3 is 14.9 Å². The fourth-order valence-corrected chi connectivity index (χ4v) is 3.08. The Bertz CT molecular complexity index is 614. The largest absolute Gasteiger partial charge is 0.507 e. The number of allylic oxidation sites excluding steroid dienone is 2. The van der Waals surface area contributed by atoms with Crippen molar-refractivity contribution in [1.29, 1.82) is 0 Å². The maximum absolute atomic E-state index is 11.8. The summed E-state index contributed by atoms with van der Waals surface area (Å²) in [5.74, 6) is -0.355. The molecule has 0 saturated carbocycles. The van der Waals surface area contributed by atoms with Gasteiger partial charge in [-0.25, -0.2) is 4.79 Å². The van der Waals surface area contributed by atoms with Crippen molar-refractivity contribution in [2.45, 2.75) is 53.1 Å². The van der Waals surface area contributed by atoms with Crippen molar-refractivity contribution in [3.63, 3.8) is 0 Å². The van der Waals surface area contributed by atoms with Crippen LogP contribution in [0.4, 0.5) is 0 Å². The highest BCUT2D eigenvalue weighted by atomic mass is 16.5. The predicted octanol–water partition coefficient (Wildman–Crippen LogP) is 3.19. The normalized spacial score (nSPS) is 14.2. The maximum atomic E-state index is 11.8. The number of benzene rings is 1. The molecular formula is C18H24O4. The Kier molecular flexibility index (Phi) is 5.24. The molecule has 2 N–H and O–H groups in total. The first-order valence-corrected chi connectivity index (χ1v) is 7.81. The van der Waals surface area contributed by atoms with Gasteiger partial charge in [0.05, 0.1) is 0 Å². The minimum absolute atomic E-state index is 0.0751. The zero-order valence-corrected chi connectivity index (χ0v) is 13.5. The Morgan fingerprint density at radius 3 is 2.73 bits per heavy atom. The van der Waals surface area contributed by atoms with Crippen LogP contribution >= 0.6 is 0 Å². The average molecular weight is 304 g/mol. The summed E-state index contributed by atoms with van der Waals surface area (Å²) < 4.78 is 5.08. The Hall–Kier alpha value is -1.81. The number of cyclic esters (lactones) is 1. The fourth-order valence-electron chi connectivity index (χ4n) is 3.08. The second-order valence-electron chi connectivity index (χ2n) is 5.80. The van der Waals surface area contributed by atoms with Crippen LogP contribution in [0.3, 0.4) is 0 Å². The molecule has 0 saturated heterocycles. The van der Waals surface area contributed by atoms with Crippen LogP contribution in [0, 0.1) is 6.92 Å². The molecule has 4 nitrogen and oxygen atoms in total. The molecule has 0 amide bonds. The van der Waals surface area contributed by atoms with Crippen molar-refractivity contribution in [2.24, 2.45) is 0 Å². The molecule has 0 radical (unpaired) electrons. The quantitative estimate of drug-likeness (QED) is 0.625. The van der Waals surface area contributed by atoms with E-state index < -0.39 is 5.97 Å².